The number of likely N-dealkylation sites (N-methyl/N-ethyl adjacent to an activating group) is 1. The van der Waals surface area contributed by atoms with Crippen molar-refractivity contribution in [1.29, 1.82) is 0 Å². The van der Waals surface area contributed by atoms with Crippen LogP contribution >= 0.6 is 11.8 Å². The van der Waals surface area contributed by atoms with Crippen LogP contribution in [0.4, 0.5) is 17.3 Å². The number of aromatic nitrogens is 2. The zero-order valence-corrected chi connectivity index (χ0v) is 17.2. The van der Waals surface area contributed by atoms with Gasteiger partial charge in [0.1, 0.15) is 5.82 Å². The zero-order chi connectivity index (χ0) is 20.0. The molecule has 0 bridgehead atoms. The van der Waals surface area contributed by atoms with Crippen molar-refractivity contribution in [3.8, 4) is 0 Å². The molecule has 1 aromatic carbocycles. The molecule has 0 fully saturated rings. The van der Waals surface area contributed by atoms with E-state index in [0.29, 0.717) is 12.2 Å². The van der Waals surface area contributed by atoms with E-state index in [9.17, 15) is 9.59 Å². The zero-order valence-electron chi connectivity index (χ0n) is 16.4. The molecule has 0 radical (unpaired) electrons. The Morgan fingerprint density at radius 1 is 1.21 bits per heavy atom. The van der Waals surface area contributed by atoms with Crippen molar-refractivity contribution in [1.82, 2.24) is 14.7 Å². The molecule has 0 atom stereocenters. The molecule has 5 rings (SSSR count). The molecule has 1 aromatic heterocycles. The van der Waals surface area contributed by atoms with Crippen LogP contribution in [-0.2, 0) is 17.8 Å². The minimum atomic E-state index is -0.0153. The Labute approximate surface area is 173 Å². The van der Waals surface area contributed by atoms with Crippen molar-refractivity contribution in [3.63, 3.8) is 0 Å². The number of nitrogens with one attached hydrogen (secondary N) is 1. The van der Waals surface area contributed by atoms with Crippen LogP contribution in [0, 0.1) is 0 Å². The van der Waals surface area contributed by atoms with Crippen LogP contribution in [-0.4, -0.2) is 52.4 Å². The van der Waals surface area contributed by atoms with Crippen molar-refractivity contribution < 1.29 is 9.59 Å². The fourth-order valence-electron chi connectivity index (χ4n) is 4.13. The molecule has 4 heterocycles. The topological polar surface area (TPSA) is 70.5 Å². The van der Waals surface area contributed by atoms with E-state index < -0.39 is 0 Å². The second-order valence-electron chi connectivity index (χ2n) is 7.70. The van der Waals surface area contributed by atoms with Crippen LogP contribution in [0.15, 0.2) is 35.2 Å². The Bertz CT molecular complexity index is 1030. The van der Waals surface area contributed by atoms with Gasteiger partial charge in [0.2, 0.25) is 5.91 Å². The summed E-state index contributed by atoms with van der Waals surface area (Å²) in [4.78, 5) is 28.6. The molecule has 150 valence electrons. The summed E-state index contributed by atoms with van der Waals surface area (Å²) in [5.41, 5.74) is 4.14. The van der Waals surface area contributed by atoms with Crippen molar-refractivity contribution in [2.45, 2.75) is 25.8 Å². The first-order valence-electron chi connectivity index (χ1n) is 9.91. The van der Waals surface area contributed by atoms with Gasteiger partial charge in [-0.05, 0) is 42.0 Å². The van der Waals surface area contributed by atoms with Crippen LogP contribution in [0.25, 0.3) is 0 Å². The van der Waals surface area contributed by atoms with Gasteiger partial charge in [0, 0.05) is 49.6 Å². The Morgan fingerprint density at radius 3 is 2.93 bits per heavy atom. The van der Waals surface area contributed by atoms with Crippen LogP contribution in [0.2, 0.25) is 0 Å². The summed E-state index contributed by atoms with van der Waals surface area (Å²) < 4.78 is 1.93. The molecule has 0 saturated heterocycles. The number of rotatable bonds is 4. The smallest absolute Gasteiger partial charge is 0.253 e. The van der Waals surface area contributed by atoms with Gasteiger partial charge in [-0.2, -0.15) is 5.10 Å². The lowest BCUT2D eigenvalue weighted by atomic mass is 9.98. The maximum absolute atomic E-state index is 12.3. The van der Waals surface area contributed by atoms with Gasteiger partial charge in [-0.3, -0.25) is 9.59 Å². The molecular formula is C21H23N5O2S. The molecule has 29 heavy (non-hydrogen) atoms. The van der Waals surface area contributed by atoms with Crippen LogP contribution in [0.1, 0.15) is 28.8 Å². The van der Waals surface area contributed by atoms with Gasteiger partial charge in [0.15, 0.2) is 5.82 Å². The standard InChI is InChI=1S/C21H23N5O2S/c1-24-6-4-15-11-16(2-3-17(15)21(24)28)25-7-8-26-20(25)12-18(23-26)22-19(27)10-14-5-9-29-13-14/h2-3,11-13H,4-10H2,1H3,(H,22,23,27). The summed E-state index contributed by atoms with van der Waals surface area (Å²) in [6, 6.07) is 7.98. The van der Waals surface area contributed by atoms with Crippen molar-refractivity contribution >= 4 is 40.9 Å². The van der Waals surface area contributed by atoms with Gasteiger partial charge >= 0.3 is 0 Å². The van der Waals surface area contributed by atoms with Crippen molar-refractivity contribution in [2.24, 2.45) is 0 Å². The van der Waals surface area contributed by atoms with E-state index in [1.165, 1.54) is 5.57 Å². The SMILES string of the molecule is CN1CCc2cc(N3CCn4nc(NC(=O)CC5=CSCC5)cc43)ccc2C1=O. The van der Waals surface area contributed by atoms with Gasteiger partial charge < -0.3 is 15.1 Å². The fraction of sp³-hybridized carbons (Fsp3) is 0.381. The second-order valence-corrected chi connectivity index (χ2v) is 8.68. The highest BCUT2D eigenvalue weighted by molar-refractivity contribution is 8.02. The van der Waals surface area contributed by atoms with Gasteiger partial charge in [0.05, 0.1) is 6.54 Å². The summed E-state index contributed by atoms with van der Waals surface area (Å²) in [7, 11) is 1.84. The summed E-state index contributed by atoms with van der Waals surface area (Å²) in [5, 5.41) is 9.57. The van der Waals surface area contributed by atoms with E-state index in [2.05, 4.69) is 26.8 Å². The lowest BCUT2D eigenvalue weighted by molar-refractivity contribution is -0.115. The molecule has 3 aliphatic heterocycles. The monoisotopic (exact) mass is 409 g/mol. The maximum atomic E-state index is 12.3. The van der Waals surface area contributed by atoms with Crippen LogP contribution in [0.5, 0.6) is 0 Å². The third-order valence-electron chi connectivity index (χ3n) is 5.71. The summed E-state index contributed by atoms with van der Waals surface area (Å²) in [5.74, 6) is 2.70. The normalized spacial score (nSPS) is 18.0. The number of amides is 2. The highest BCUT2D eigenvalue weighted by Gasteiger charge is 2.26. The highest BCUT2D eigenvalue weighted by atomic mass is 32.2. The lowest BCUT2D eigenvalue weighted by Gasteiger charge is -2.26. The molecule has 2 amide bonds. The lowest BCUT2D eigenvalue weighted by Crippen LogP contribution is -2.34. The van der Waals surface area contributed by atoms with Crippen LogP contribution < -0.4 is 10.2 Å². The van der Waals surface area contributed by atoms with E-state index in [1.54, 1.807) is 16.7 Å². The van der Waals surface area contributed by atoms with Gasteiger partial charge in [-0.15, -0.1) is 11.8 Å². The summed E-state index contributed by atoms with van der Waals surface area (Å²) in [6.45, 7) is 2.34. The quantitative estimate of drug-likeness (QED) is 0.841. The van der Waals surface area contributed by atoms with E-state index in [0.717, 1.165) is 60.9 Å². The first-order chi connectivity index (χ1) is 14.1. The molecule has 2 aromatic rings. The number of fused-ring (bicyclic) bond motifs is 2. The minimum Gasteiger partial charge on any atom is -0.341 e. The molecule has 1 N–H and O–H groups in total. The Morgan fingerprint density at radius 2 is 2.10 bits per heavy atom. The fourth-order valence-corrected chi connectivity index (χ4v) is 5.06. The largest absolute Gasteiger partial charge is 0.341 e. The Hall–Kier alpha value is -2.74. The molecule has 0 aliphatic carbocycles. The Kier molecular flexibility index (Phi) is 4.58. The average molecular weight is 410 g/mol. The molecular weight excluding hydrogens is 386 g/mol. The third-order valence-corrected chi connectivity index (χ3v) is 6.65. The van der Waals surface area contributed by atoms with Crippen molar-refractivity contribution in [2.75, 3.05) is 36.1 Å². The van der Waals surface area contributed by atoms with Gasteiger partial charge in [0.25, 0.3) is 5.91 Å². The number of anilines is 3. The molecule has 0 spiro atoms. The molecule has 8 heteroatoms. The predicted molar refractivity (Wildman–Crippen MR) is 115 cm³/mol. The number of hydrogen-bond donors (Lipinski definition) is 1. The summed E-state index contributed by atoms with van der Waals surface area (Å²) >= 11 is 1.77. The average Bonchev–Trinajstić information content (AvgIpc) is 3.42. The Balaban J connectivity index is 1.34. The van der Waals surface area contributed by atoms with E-state index in [4.69, 9.17) is 0 Å². The number of benzene rings is 1. The first kappa shape index (κ1) is 18.3. The van der Waals surface area contributed by atoms with E-state index in [-0.39, 0.29) is 11.8 Å². The van der Waals surface area contributed by atoms with E-state index >= 15 is 0 Å². The number of carbonyl (C=O) groups is 2. The summed E-state index contributed by atoms with van der Waals surface area (Å²) in [6.07, 6.45) is 2.29. The maximum Gasteiger partial charge on any atom is 0.253 e. The van der Waals surface area contributed by atoms with Gasteiger partial charge in [-0.1, -0.05) is 5.57 Å². The molecule has 7 nitrogen and oxygen atoms in total. The molecule has 3 aliphatic rings. The molecule has 0 saturated carbocycles. The predicted octanol–water partition coefficient (Wildman–Crippen LogP) is 3.01. The van der Waals surface area contributed by atoms with Crippen LogP contribution in [0.3, 0.4) is 0 Å². The number of nitrogens with zero attached hydrogens (tertiary/aromatic N) is 4. The number of carbonyl (C=O) groups excluding carboxylic acids is 2. The minimum absolute atomic E-state index is 0.0153. The first-order valence-corrected chi connectivity index (χ1v) is 11.0. The van der Waals surface area contributed by atoms with E-state index in [1.807, 2.05) is 29.9 Å². The second kappa shape index (κ2) is 7.26. The van der Waals surface area contributed by atoms with Gasteiger partial charge in [-0.25, -0.2) is 4.68 Å². The molecule has 0 unspecified atom stereocenters. The number of hydrogen-bond acceptors (Lipinski definition) is 5. The number of thioether (sulfide) groups is 1. The van der Waals surface area contributed by atoms with Crippen molar-refractivity contribution in [3.05, 3.63) is 46.4 Å². The third kappa shape index (κ3) is 3.42. The highest BCUT2D eigenvalue weighted by Crippen LogP contribution is 2.34.